The predicted octanol–water partition coefficient (Wildman–Crippen LogP) is 5.94. The third-order valence-electron chi connectivity index (χ3n) is 6.18. The Morgan fingerprint density at radius 1 is 0.935 bits per heavy atom. The minimum Gasteiger partial charge on any atom is -0.467 e. The molecular weight excluding hydrogens is 386 g/mol. The monoisotopic (exact) mass is 409 g/mol. The summed E-state index contributed by atoms with van der Waals surface area (Å²) in [5.74, 6) is 0.750. The van der Waals surface area contributed by atoms with Crippen molar-refractivity contribution in [1.29, 1.82) is 0 Å². The lowest BCUT2D eigenvalue weighted by molar-refractivity contribution is 0.0651. The number of hydrogen-bond acceptors (Lipinski definition) is 3. The largest absolute Gasteiger partial charge is 0.467 e. The number of anilines is 1. The highest BCUT2D eigenvalue weighted by molar-refractivity contribution is 6.08. The van der Waals surface area contributed by atoms with Gasteiger partial charge in [0.2, 0.25) is 0 Å². The van der Waals surface area contributed by atoms with Crippen molar-refractivity contribution in [2.24, 2.45) is 7.05 Å². The number of nitrogens with zero attached hydrogens (tertiary/aromatic N) is 2. The highest BCUT2D eigenvalue weighted by atomic mass is 16.3. The van der Waals surface area contributed by atoms with Gasteiger partial charge in [0.1, 0.15) is 11.9 Å². The molecule has 0 bridgehead atoms. The summed E-state index contributed by atoms with van der Waals surface area (Å²) in [4.78, 5) is 15.3. The van der Waals surface area contributed by atoms with Gasteiger partial charge in [-0.1, -0.05) is 36.4 Å². The van der Waals surface area contributed by atoms with Gasteiger partial charge in [0.25, 0.3) is 5.91 Å². The second kappa shape index (κ2) is 6.77. The first-order valence-corrected chi connectivity index (χ1v) is 10.4. The first kappa shape index (κ1) is 17.8. The van der Waals surface area contributed by atoms with Crippen LogP contribution in [0.2, 0.25) is 0 Å². The molecule has 31 heavy (non-hydrogen) atoms. The van der Waals surface area contributed by atoms with Gasteiger partial charge >= 0.3 is 0 Å². The maximum atomic E-state index is 13.4. The molecule has 1 atom stereocenters. The molecule has 5 nitrogen and oxygen atoms in total. The molecule has 0 fully saturated rings. The molecule has 0 aliphatic carbocycles. The molecule has 2 aromatic heterocycles. The number of benzene rings is 3. The molecule has 6 rings (SSSR count). The molecule has 1 unspecified atom stereocenters. The van der Waals surface area contributed by atoms with Crippen molar-refractivity contribution < 1.29 is 10.6 Å². The second-order valence-electron chi connectivity index (χ2n) is 7.96. The molecule has 3 aromatic carbocycles. The van der Waals surface area contributed by atoms with Gasteiger partial charge in [0, 0.05) is 36.0 Å². The molecule has 154 valence electrons. The van der Waals surface area contributed by atoms with E-state index in [4.69, 9.17) is 4.42 Å². The molecule has 0 saturated heterocycles. The van der Waals surface area contributed by atoms with E-state index in [-0.39, 0.29) is 13.5 Å². The smallest absolute Gasteiger partial charge is 0.258 e. The van der Waals surface area contributed by atoms with Crippen LogP contribution in [0.15, 0.2) is 89.5 Å². The lowest BCUT2D eigenvalue weighted by Gasteiger charge is -2.37. The fraction of sp³-hybridized carbons (Fsp3) is 0.115. The van der Waals surface area contributed by atoms with Gasteiger partial charge in [0.15, 0.2) is 0 Å². The minimum absolute atomic E-state index is 0. The average molecular weight is 409 g/mol. The van der Waals surface area contributed by atoms with E-state index in [1.54, 1.807) is 6.26 Å². The average Bonchev–Trinajstić information content (AvgIpc) is 3.42. The molecular formula is C26H23N3O2. The predicted molar refractivity (Wildman–Crippen MR) is 124 cm³/mol. The lowest BCUT2D eigenvalue weighted by Crippen LogP contribution is -2.42. The molecule has 3 heterocycles. The number of nitrogens with one attached hydrogen (secondary N) is 1. The second-order valence-corrected chi connectivity index (χ2v) is 7.96. The molecule has 5 aromatic rings. The highest BCUT2D eigenvalue weighted by Crippen LogP contribution is 2.37. The van der Waals surface area contributed by atoms with Crippen molar-refractivity contribution in [2.45, 2.75) is 12.7 Å². The van der Waals surface area contributed by atoms with Crippen LogP contribution in [0.5, 0.6) is 0 Å². The number of hydrogen-bond donors (Lipinski definition) is 1. The summed E-state index contributed by atoms with van der Waals surface area (Å²) in [6, 6.07) is 26.3. The Kier molecular flexibility index (Phi) is 3.90. The zero-order valence-electron chi connectivity index (χ0n) is 17.1. The normalized spacial score (nSPS) is 16.0. The van der Waals surface area contributed by atoms with E-state index in [2.05, 4.69) is 59.4 Å². The third kappa shape index (κ3) is 2.74. The van der Waals surface area contributed by atoms with Gasteiger partial charge in [0.05, 0.1) is 18.4 Å². The van der Waals surface area contributed by atoms with E-state index in [0.29, 0.717) is 12.1 Å². The SMILES string of the molecule is Cn1c2ccccc2c2cc(C3Nc4ccccc4C(=O)N3Cc3ccco3)ccc21.[HH]. The molecule has 1 aliphatic rings. The Bertz CT molecular complexity index is 1440. The third-order valence-corrected chi connectivity index (χ3v) is 6.18. The van der Waals surface area contributed by atoms with E-state index >= 15 is 0 Å². The van der Waals surface area contributed by atoms with E-state index in [1.807, 2.05) is 41.3 Å². The van der Waals surface area contributed by atoms with Crippen molar-refractivity contribution in [3.05, 3.63) is 102 Å². The summed E-state index contributed by atoms with van der Waals surface area (Å²) in [6.45, 7) is 0.394. The standard InChI is InChI=1S/C26H21N3O2.H2/c1-28-23-11-5-3-8-19(23)21-15-17(12-13-24(21)28)25-27-22-10-4-2-9-20(22)26(30)29(25)16-18-7-6-14-31-18;/h2-15,25,27H,16H2,1H3;1H. The lowest BCUT2D eigenvalue weighted by atomic mass is 10.0. The zero-order valence-corrected chi connectivity index (χ0v) is 17.1. The molecule has 0 radical (unpaired) electrons. The first-order valence-electron chi connectivity index (χ1n) is 10.4. The molecule has 0 spiro atoms. The van der Waals surface area contributed by atoms with Gasteiger partial charge in [-0.25, -0.2) is 0 Å². The van der Waals surface area contributed by atoms with Crippen molar-refractivity contribution in [2.75, 3.05) is 5.32 Å². The van der Waals surface area contributed by atoms with Gasteiger partial charge in [-0.2, -0.15) is 0 Å². The van der Waals surface area contributed by atoms with Crippen LogP contribution in [-0.2, 0) is 13.6 Å². The topological polar surface area (TPSA) is 50.4 Å². The molecule has 1 aliphatic heterocycles. The fourth-order valence-corrected chi connectivity index (χ4v) is 4.65. The first-order chi connectivity index (χ1) is 15.2. The minimum atomic E-state index is -0.295. The fourth-order valence-electron chi connectivity index (χ4n) is 4.65. The van der Waals surface area contributed by atoms with Crippen LogP contribution in [0, 0.1) is 0 Å². The van der Waals surface area contributed by atoms with Crippen LogP contribution in [0.3, 0.4) is 0 Å². The Balaban J connectivity index is 0.00000216. The molecule has 0 saturated carbocycles. The van der Waals surface area contributed by atoms with Crippen LogP contribution < -0.4 is 5.32 Å². The number of amides is 1. The summed E-state index contributed by atoms with van der Waals surface area (Å²) in [5.41, 5.74) is 4.94. The van der Waals surface area contributed by atoms with Crippen molar-refractivity contribution >= 4 is 33.4 Å². The van der Waals surface area contributed by atoms with E-state index in [0.717, 1.165) is 17.0 Å². The number of rotatable bonds is 3. The van der Waals surface area contributed by atoms with Gasteiger partial charge in [-0.05, 0) is 48.0 Å². The maximum absolute atomic E-state index is 13.4. The summed E-state index contributed by atoms with van der Waals surface area (Å²) < 4.78 is 7.78. The van der Waals surface area contributed by atoms with Crippen molar-refractivity contribution in [3.63, 3.8) is 0 Å². The Morgan fingerprint density at radius 2 is 1.74 bits per heavy atom. The number of aromatic nitrogens is 1. The van der Waals surface area contributed by atoms with E-state index in [9.17, 15) is 4.79 Å². The maximum Gasteiger partial charge on any atom is 0.258 e. The van der Waals surface area contributed by atoms with Gasteiger partial charge in [-0.3, -0.25) is 4.79 Å². The van der Waals surface area contributed by atoms with Crippen LogP contribution in [-0.4, -0.2) is 15.4 Å². The number of carbonyl (C=O) groups is 1. The van der Waals surface area contributed by atoms with Crippen LogP contribution in [0.4, 0.5) is 5.69 Å². The summed E-state index contributed by atoms with van der Waals surface area (Å²) in [5, 5.41) is 5.97. The number of carbonyl (C=O) groups excluding carboxylic acids is 1. The number of fused-ring (bicyclic) bond motifs is 4. The number of furan rings is 1. The summed E-state index contributed by atoms with van der Waals surface area (Å²) in [6.07, 6.45) is 1.35. The van der Waals surface area contributed by atoms with Crippen LogP contribution in [0.25, 0.3) is 21.8 Å². The Hall–Kier alpha value is -3.99. The van der Waals surface area contributed by atoms with Crippen LogP contribution in [0.1, 0.15) is 29.3 Å². The Labute approximate surface area is 181 Å². The number of para-hydroxylation sites is 2. The van der Waals surface area contributed by atoms with E-state index in [1.165, 1.54) is 21.8 Å². The summed E-state index contributed by atoms with van der Waals surface area (Å²) >= 11 is 0. The zero-order chi connectivity index (χ0) is 20.9. The number of aryl methyl sites for hydroxylation is 1. The molecule has 1 amide bonds. The molecule has 5 heteroatoms. The molecule has 1 N–H and O–H groups in total. The Morgan fingerprint density at radius 3 is 2.61 bits per heavy atom. The van der Waals surface area contributed by atoms with Crippen molar-refractivity contribution in [1.82, 2.24) is 9.47 Å². The van der Waals surface area contributed by atoms with Crippen molar-refractivity contribution in [3.8, 4) is 0 Å². The summed E-state index contributed by atoms with van der Waals surface area (Å²) in [7, 11) is 2.09. The van der Waals surface area contributed by atoms with Gasteiger partial charge in [-0.15, -0.1) is 0 Å². The van der Waals surface area contributed by atoms with Crippen LogP contribution >= 0.6 is 0 Å². The highest BCUT2D eigenvalue weighted by Gasteiger charge is 2.33. The quantitative estimate of drug-likeness (QED) is 0.401. The van der Waals surface area contributed by atoms with E-state index < -0.39 is 0 Å². The van der Waals surface area contributed by atoms with Gasteiger partial charge < -0.3 is 19.2 Å².